The number of aliphatic hydroxyl groups is 3. The van der Waals surface area contributed by atoms with Gasteiger partial charge in [0.2, 0.25) is 0 Å². The Morgan fingerprint density at radius 3 is 2.26 bits per heavy atom. The van der Waals surface area contributed by atoms with Crippen molar-refractivity contribution in [2.24, 2.45) is 0 Å². The number of aromatic nitrogens is 5. The Bertz CT molecular complexity index is 1240. The number of nitrogen functional groups attached to an aromatic ring is 1. The number of anilines is 1. The summed E-state index contributed by atoms with van der Waals surface area (Å²) in [5, 5.41) is 38.7. The van der Waals surface area contributed by atoms with Gasteiger partial charge in [-0.3, -0.25) is 13.7 Å². The smallest absolute Gasteiger partial charge is 0.359 e. The highest BCUT2D eigenvalue weighted by atomic mass is 31.2. The summed E-state index contributed by atoms with van der Waals surface area (Å²) in [4.78, 5) is 27.4. The number of rotatable bonds is 12. The van der Waals surface area contributed by atoms with E-state index in [1.165, 1.54) is 6.20 Å². The number of ether oxygens (including phenoxy) is 1. The summed E-state index contributed by atoms with van der Waals surface area (Å²) >= 11 is 0. The van der Waals surface area contributed by atoms with Crippen LogP contribution in [0.25, 0.3) is 11.3 Å². The Balaban J connectivity index is 1.92. The van der Waals surface area contributed by atoms with Gasteiger partial charge in [0.1, 0.15) is 23.7 Å². The molecule has 14 nitrogen and oxygen atoms in total. The second-order valence-electron chi connectivity index (χ2n) is 10.3. The maximum atomic E-state index is 13.2. The normalized spacial score (nSPS) is 23.9. The van der Waals surface area contributed by atoms with Gasteiger partial charge >= 0.3 is 13.3 Å². The molecule has 0 spiro atoms. The van der Waals surface area contributed by atoms with Crippen LogP contribution in [0.15, 0.2) is 17.2 Å². The molecule has 0 aromatic carbocycles. The summed E-state index contributed by atoms with van der Waals surface area (Å²) in [6, 6.07) is 0.0294. The molecule has 2 aromatic rings. The van der Waals surface area contributed by atoms with Crippen molar-refractivity contribution in [3.8, 4) is 11.3 Å². The summed E-state index contributed by atoms with van der Waals surface area (Å²) in [5.74, 6) is -0.0842. The number of hydrogen-bond acceptors (Lipinski definition) is 11. The van der Waals surface area contributed by atoms with Gasteiger partial charge in [-0.2, -0.15) is 4.98 Å². The monoisotopic (exact) mass is 572 g/mol. The lowest BCUT2D eigenvalue weighted by Gasteiger charge is -2.40. The highest BCUT2D eigenvalue weighted by molar-refractivity contribution is 7.54. The molecular weight excluding hydrogens is 531 g/mol. The van der Waals surface area contributed by atoms with Gasteiger partial charge in [0.05, 0.1) is 23.5 Å². The molecule has 39 heavy (non-hydrogen) atoms. The Morgan fingerprint density at radius 2 is 1.74 bits per heavy atom. The van der Waals surface area contributed by atoms with Gasteiger partial charge in [-0.25, -0.2) is 9.48 Å². The maximum absolute atomic E-state index is 13.2. The fourth-order valence-electron chi connectivity index (χ4n) is 4.71. The molecule has 1 saturated heterocycles. The number of hydrogen-bond donors (Lipinski definition) is 5. The zero-order valence-electron chi connectivity index (χ0n) is 23.3. The molecule has 0 aliphatic carbocycles. The SMILES string of the molecule is CCC(CC)(CC1OC(n2cc(-c3cn(C(C)C)nn3)c(N)nc2=O)C(O)C1O)OP(=O)(O)C(O)(CC)CC. The van der Waals surface area contributed by atoms with Crippen molar-refractivity contribution in [2.45, 2.75) is 115 Å². The van der Waals surface area contributed by atoms with Gasteiger partial charge in [-0.05, 0) is 39.5 Å². The molecule has 0 saturated carbocycles. The number of nitrogens with zero attached hydrogens (tertiary/aromatic N) is 5. The first-order valence-electron chi connectivity index (χ1n) is 13.3. The van der Waals surface area contributed by atoms with E-state index in [4.69, 9.17) is 15.0 Å². The molecule has 1 fully saturated rings. The Hall–Kier alpha value is -2.19. The third-order valence-electron chi connectivity index (χ3n) is 7.75. The van der Waals surface area contributed by atoms with Gasteiger partial charge in [-0.15, -0.1) is 5.10 Å². The third kappa shape index (κ3) is 5.97. The molecule has 15 heteroatoms. The van der Waals surface area contributed by atoms with Gasteiger partial charge in [0, 0.05) is 18.7 Å². The van der Waals surface area contributed by atoms with E-state index in [9.17, 15) is 29.6 Å². The minimum absolute atomic E-state index is 0.00441. The summed E-state index contributed by atoms with van der Waals surface area (Å²) < 4.78 is 27.6. The topological polar surface area (TPSA) is 208 Å². The largest absolute Gasteiger partial charge is 0.388 e. The van der Waals surface area contributed by atoms with E-state index in [1.807, 2.05) is 13.8 Å². The minimum Gasteiger partial charge on any atom is -0.388 e. The number of aliphatic hydroxyl groups excluding tert-OH is 2. The molecule has 0 radical (unpaired) electrons. The van der Waals surface area contributed by atoms with Crippen molar-refractivity contribution < 1.29 is 34.0 Å². The van der Waals surface area contributed by atoms with Crippen LogP contribution in [0.1, 0.15) is 85.9 Å². The molecule has 1 aliphatic heterocycles. The molecule has 3 rings (SSSR count). The molecule has 1 aliphatic rings. The first-order valence-corrected chi connectivity index (χ1v) is 14.8. The molecular formula is C24H41N6O8P. The highest BCUT2D eigenvalue weighted by Gasteiger charge is 2.52. The minimum atomic E-state index is -4.53. The van der Waals surface area contributed by atoms with E-state index in [-0.39, 0.29) is 49.5 Å². The van der Waals surface area contributed by atoms with E-state index < -0.39 is 48.8 Å². The second kappa shape index (κ2) is 11.7. The number of nitrogens with two attached hydrogens (primary N) is 1. The zero-order chi connectivity index (χ0) is 29.3. The molecule has 6 N–H and O–H groups in total. The van der Waals surface area contributed by atoms with Crippen LogP contribution in [0.3, 0.4) is 0 Å². The van der Waals surface area contributed by atoms with Crippen LogP contribution >= 0.6 is 7.60 Å². The van der Waals surface area contributed by atoms with Gasteiger partial charge in [-0.1, -0.05) is 32.9 Å². The Kier molecular flexibility index (Phi) is 9.43. The second-order valence-corrected chi connectivity index (χ2v) is 12.4. The van der Waals surface area contributed by atoms with Crippen LogP contribution in [0.4, 0.5) is 5.82 Å². The van der Waals surface area contributed by atoms with Crippen LogP contribution < -0.4 is 11.4 Å². The quantitative estimate of drug-likeness (QED) is 0.231. The first kappa shape index (κ1) is 31.3. The fraction of sp³-hybridized carbons (Fsp3) is 0.750. The van der Waals surface area contributed by atoms with E-state index >= 15 is 0 Å². The third-order valence-corrected chi connectivity index (χ3v) is 10.1. The lowest BCUT2D eigenvalue weighted by atomic mass is 9.88. The Morgan fingerprint density at radius 1 is 1.13 bits per heavy atom. The average Bonchev–Trinajstić information content (AvgIpc) is 3.49. The summed E-state index contributed by atoms with van der Waals surface area (Å²) in [6.07, 6.45) is -1.98. The zero-order valence-corrected chi connectivity index (χ0v) is 24.2. The molecule has 5 unspecified atom stereocenters. The molecule has 220 valence electrons. The Labute approximate surface area is 227 Å². The lowest BCUT2D eigenvalue weighted by molar-refractivity contribution is -0.0781. The van der Waals surface area contributed by atoms with Crippen LogP contribution in [-0.4, -0.2) is 74.0 Å². The van der Waals surface area contributed by atoms with Crippen molar-refractivity contribution in [1.29, 1.82) is 0 Å². The van der Waals surface area contributed by atoms with Crippen LogP contribution in [0.2, 0.25) is 0 Å². The fourth-order valence-corrected chi connectivity index (χ4v) is 6.54. The first-order chi connectivity index (χ1) is 18.2. The predicted molar refractivity (Wildman–Crippen MR) is 143 cm³/mol. The summed E-state index contributed by atoms with van der Waals surface area (Å²) in [5.41, 5.74) is 4.55. The van der Waals surface area contributed by atoms with E-state index in [0.717, 1.165) is 4.57 Å². The molecule has 0 amide bonds. The molecule has 5 atom stereocenters. The molecule has 2 aromatic heterocycles. The van der Waals surface area contributed by atoms with Gasteiger partial charge in [0.25, 0.3) is 0 Å². The van der Waals surface area contributed by atoms with Crippen molar-refractivity contribution >= 4 is 13.4 Å². The highest BCUT2D eigenvalue weighted by Crippen LogP contribution is 2.61. The van der Waals surface area contributed by atoms with Crippen molar-refractivity contribution in [1.82, 2.24) is 24.5 Å². The van der Waals surface area contributed by atoms with Gasteiger partial charge < -0.3 is 30.7 Å². The standard InChI is InChI=1S/C24H41N6O8P/c1-7-23(8-2,38-39(35,36)24(34,9-3)10-4)11-17-18(31)19(32)21(37-17)29-12-15(20(25)26-22(29)33)16-13-30(14(5)6)28-27-16/h12-14,17-19,21,31-32,34H,7-11H2,1-6H3,(H,35,36)(H2,25,26,33). The summed E-state index contributed by atoms with van der Waals surface area (Å²) in [6.45, 7) is 10.5. The van der Waals surface area contributed by atoms with Crippen molar-refractivity contribution in [3.05, 3.63) is 22.9 Å². The van der Waals surface area contributed by atoms with Crippen LogP contribution in [-0.2, 0) is 13.8 Å². The van der Waals surface area contributed by atoms with E-state index in [0.29, 0.717) is 5.69 Å². The van der Waals surface area contributed by atoms with E-state index in [2.05, 4.69) is 15.3 Å². The average molecular weight is 573 g/mol. The molecule has 3 heterocycles. The lowest BCUT2D eigenvalue weighted by Crippen LogP contribution is -2.42. The summed E-state index contributed by atoms with van der Waals surface area (Å²) in [7, 11) is -4.53. The van der Waals surface area contributed by atoms with Crippen LogP contribution in [0.5, 0.6) is 0 Å². The van der Waals surface area contributed by atoms with Gasteiger partial charge in [0.15, 0.2) is 11.6 Å². The molecule has 0 bridgehead atoms. The predicted octanol–water partition coefficient (Wildman–Crippen LogP) is 1.94. The van der Waals surface area contributed by atoms with Crippen molar-refractivity contribution in [3.63, 3.8) is 0 Å². The maximum Gasteiger partial charge on any atom is 0.359 e. The van der Waals surface area contributed by atoms with Crippen LogP contribution in [0, 0.1) is 0 Å². The van der Waals surface area contributed by atoms with E-state index in [1.54, 1.807) is 38.6 Å². The van der Waals surface area contributed by atoms with Crippen molar-refractivity contribution in [2.75, 3.05) is 5.73 Å².